The number of allylic oxidation sites excluding steroid dienone is 1. The van der Waals surface area contributed by atoms with E-state index in [2.05, 4.69) is 42.6 Å². The molecule has 158 valence electrons. The van der Waals surface area contributed by atoms with Crippen LogP contribution in [0.4, 0.5) is 0 Å². The largest absolute Gasteiger partial charge is 0.493 e. The number of hydrogen-bond donors (Lipinski definition) is 1. The van der Waals surface area contributed by atoms with Crippen LogP contribution in [-0.2, 0) is 4.79 Å². The van der Waals surface area contributed by atoms with Crippen LogP contribution in [0.2, 0.25) is 0 Å². The third kappa shape index (κ3) is 5.10. The number of rotatable bonds is 8. The maximum absolute atomic E-state index is 12.3. The number of hydrogen-bond acceptors (Lipinski definition) is 4. The molecule has 0 spiro atoms. The molecule has 0 saturated heterocycles. The predicted octanol–water partition coefficient (Wildman–Crippen LogP) is 4.89. The lowest BCUT2D eigenvalue weighted by Gasteiger charge is -2.12. The van der Waals surface area contributed by atoms with Crippen molar-refractivity contribution in [2.45, 2.75) is 20.8 Å². The average Bonchev–Trinajstić information content (AvgIpc) is 3.10. The summed E-state index contributed by atoms with van der Waals surface area (Å²) in [4.78, 5) is 14.4. The van der Waals surface area contributed by atoms with Crippen molar-refractivity contribution in [3.8, 4) is 16.9 Å². The van der Waals surface area contributed by atoms with Crippen LogP contribution in [-0.4, -0.2) is 44.6 Å². The monoisotopic (exact) mass is 406 g/mol. The highest BCUT2D eigenvalue weighted by Gasteiger charge is 2.15. The van der Waals surface area contributed by atoms with Gasteiger partial charge in [0.1, 0.15) is 11.3 Å². The van der Waals surface area contributed by atoms with Gasteiger partial charge in [0, 0.05) is 41.7 Å². The number of nitrogens with one attached hydrogen (secondary N) is 1. The zero-order chi connectivity index (χ0) is 21.7. The van der Waals surface area contributed by atoms with Crippen LogP contribution in [0.25, 0.3) is 27.7 Å². The molecule has 0 aliphatic rings. The van der Waals surface area contributed by atoms with Gasteiger partial charge in [-0.25, -0.2) is 0 Å². The minimum atomic E-state index is -0.108. The first kappa shape index (κ1) is 21.7. The van der Waals surface area contributed by atoms with E-state index in [4.69, 9.17) is 9.15 Å². The highest BCUT2D eigenvalue weighted by atomic mass is 16.5. The van der Waals surface area contributed by atoms with E-state index in [1.807, 2.05) is 38.9 Å². The van der Waals surface area contributed by atoms with Crippen LogP contribution in [0.15, 0.2) is 53.2 Å². The molecular formula is C25H30N2O3. The fraction of sp³-hybridized carbons (Fsp3) is 0.320. The molecule has 0 bridgehead atoms. The Labute approximate surface area is 178 Å². The first-order valence-electron chi connectivity index (χ1n) is 10.3. The van der Waals surface area contributed by atoms with E-state index >= 15 is 0 Å². The second-order valence-electron chi connectivity index (χ2n) is 7.71. The molecule has 1 aromatic heterocycles. The van der Waals surface area contributed by atoms with Gasteiger partial charge in [0.15, 0.2) is 0 Å². The molecule has 5 heteroatoms. The minimum absolute atomic E-state index is 0.108. The highest BCUT2D eigenvalue weighted by Crippen LogP contribution is 2.37. The van der Waals surface area contributed by atoms with E-state index in [1.54, 1.807) is 12.3 Å². The molecule has 0 atom stereocenters. The van der Waals surface area contributed by atoms with Gasteiger partial charge in [0.25, 0.3) is 0 Å². The summed E-state index contributed by atoms with van der Waals surface area (Å²) in [5, 5.41) is 3.92. The molecule has 1 N–H and O–H groups in total. The Morgan fingerprint density at radius 2 is 1.93 bits per heavy atom. The summed E-state index contributed by atoms with van der Waals surface area (Å²) in [6, 6.07) is 12.3. The van der Waals surface area contributed by atoms with Crippen molar-refractivity contribution < 1.29 is 13.9 Å². The van der Waals surface area contributed by atoms with Crippen molar-refractivity contribution in [2.24, 2.45) is 0 Å². The van der Waals surface area contributed by atoms with Crippen LogP contribution < -0.4 is 10.1 Å². The SMILES string of the molecule is CCOc1cc2occ(-c3ccc(C)cc3)c2cc1/C(C)=C/C(=O)NCCN(C)C. The Balaban J connectivity index is 1.98. The molecule has 0 radical (unpaired) electrons. The Morgan fingerprint density at radius 1 is 1.20 bits per heavy atom. The lowest BCUT2D eigenvalue weighted by Crippen LogP contribution is -2.30. The quantitative estimate of drug-likeness (QED) is 0.541. The Bertz CT molecular complexity index is 1050. The zero-order valence-corrected chi connectivity index (χ0v) is 18.4. The van der Waals surface area contributed by atoms with E-state index in [9.17, 15) is 4.79 Å². The van der Waals surface area contributed by atoms with Crippen molar-refractivity contribution >= 4 is 22.4 Å². The number of carbonyl (C=O) groups is 1. The topological polar surface area (TPSA) is 54.7 Å². The summed E-state index contributed by atoms with van der Waals surface area (Å²) in [6.07, 6.45) is 3.41. The van der Waals surface area contributed by atoms with Crippen LogP contribution in [0.5, 0.6) is 5.75 Å². The molecule has 2 aromatic carbocycles. The summed E-state index contributed by atoms with van der Waals surface area (Å²) >= 11 is 0. The number of fused-ring (bicyclic) bond motifs is 1. The zero-order valence-electron chi connectivity index (χ0n) is 18.4. The summed E-state index contributed by atoms with van der Waals surface area (Å²) in [7, 11) is 3.96. The van der Waals surface area contributed by atoms with Crippen molar-refractivity contribution in [3.05, 3.63) is 59.9 Å². The fourth-order valence-corrected chi connectivity index (χ4v) is 3.32. The summed E-state index contributed by atoms with van der Waals surface area (Å²) in [5.74, 6) is 0.604. The number of likely N-dealkylation sites (N-methyl/N-ethyl adjacent to an activating group) is 1. The van der Waals surface area contributed by atoms with Crippen molar-refractivity contribution in [1.29, 1.82) is 0 Å². The van der Waals surface area contributed by atoms with Gasteiger partial charge < -0.3 is 19.4 Å². The molecule has 0 unspecified atom stereocenters. The van der Waals surface area contributed by atoms with Crippen LogP contribution >= 0.6 is 0 Å². The summed E-state index contributed by atoms with van der Waals surface area (Å²) < 4.78 is 11.7. The van der Waals surface area contributed by atoms with E-state index < -0.39 is 0 Å². The molecule has 3 rings (SSSR count). The minimum Gasteiger partial charge on any atom is -0.493 e. The Kier molecular flexibility index (Phi) is 6.95. The molecule has 1 amide bonds. The standard InChI is InChI=1S/C25H30N2O3/c1-6-29-23-15-24-21(22(16-30-24)19-9-7-17(2)8-10-19)14-20(23)18(3)13-25(28)26-11-12-27(4)5/h7-10,13-16H,6,11-12H2,1-5H3,(H,26,28)/b18-13+. The third-order valence-electron chi connectivity index (χ3n) is 4.97. The van der Waals surface area contributed by atoms with Gasteiger partial charge in [-0.1, -0.05) is 29.8 Å². The maximum atomic E-state index is 12.3. The second-order valence-corrected chi connectivity index (χ2v) is 7.71. The van der Waals surface area contributed by atoms with Gasteiger partial charge in [-0.3, -0.25) is 4.79 Å². The summed E-state index contributed by atoms with van der Waals surface area (Å²) in [6.45, 7) is 7.88. The Morgan fingerprint density at radius 3 is 2.60 bits per heavy atom. The molecule has 0 saturated carbocycles. The average molecular weight is 407 g/mol. The predicted molar refractivity (Wildman–Crippen MR) is 123 cm³/mol. The lowest BCUT2D eigenvalue weighted by molar-refractivity contribution is -0.116. The second kappa shape index (κ2) is 9.63. The van der Waals surface area contributed by atoms with Gasteiger partial charge >= 0.3 is 0 Å². The van der Waals surface area contributed by atoms with E-state index in [0.29, 0.717) is 18.9 Å². The fourth-order valence-electron chi connectivity index (χ4n) is 3.32. The number of benzene rings is 2. The van der Waals surface area contributed by atoms with Crippen molar-refractivity contribution in [2.75, 3.05) is 33.8 Å². The van der Waals surface area contributed by atoms with E-state index in [0.717, 1.165) is 39.8 Å². The molecular weight excluding hydrogens is 376 g/mol. The number of nitrogens with zero attached hydrogens (tertiary/aromatic N) is 1. The molecule has 0 aliphatic heterocycles. The molecule has 0 fully saturated rings. The normalized spacial score (nSPS) is 11.9. The maximum Gasteiger partial charge on any atom is 0.244 e. The molecule has 0 aliphatic carbocycles. The van der Waals surface area contributed by atoms with E-state index in [1.165, 1.54) is 5.56 Å². The van der Waals surface area contributed by atoms with Gasteiger partial charge in [-0.15, -0.1) is 0 Å². The first-order chi connectivity index (χ1) is 14.4. The van der Waals surface area contributed by atoms with Gasteiger partial charge in [0.2, 0.25) is 5.91 Å². The van der Waals surface area contributed by atoms with Crippen LogP contribution in [0, 0.1) is 6.92 Å². The van der Waals surface area contributed by atoms with Crippen LogP contribution in [0.3, 0.4) is 0 Å². The molecule has 1 heterocycles. The number of amides is 1. The molecule has 30 heavy (non-hydrogen) atoms. The third-order valence-corrected chi connectivity index (χ3v) is 4.97. The van der Waals surface area contributed by atoms with Gasteiger partial charge in [-0.2, -0.15) is 0 Å². The van der Waals surface area contributed by atoms with Crippen LogP contribution in [0.1, 0.15) is 25.0 Å². The molecule has 3 aromatic rings. The number of carbonyl (C=O) groups excluding carboxylic acids is 1. The van der Waals surface area contributed by atoms with Gasteiger partial charge in [-0.05, 0) is 52.1 Å². The number of furan rings is 1. The van der Waals surface area contributed by atoms with E-state index in [-0.39, 0.29) is 5.91 Å². The molecule has 5 nitrogen and oxygen atoms in total. The van der Waals surface area contributed by atoms with Gasteiger partial charge in [0.05, 0.1) is 12.9 Å². The number of ether oxygens (including phenoxy) is 1. The smallest absolute Gasteiger partial charge is 0.244 e. The van der Waals surface area contributed by atoms with Crippen molar-refractivity contribution in [3.63, 3.8) is 0 Å². The lowest BCUT2D eigenvalue weighted by atomic mass is 9.99. The summed E-state index contributed by atoms with van der Waals surface area (Å²) in [5.41, 5.74) is 5.83. The Hall–Kier alpha value is -3.05. The highest BCUT2D eigenvalue weighted by molar-refractivity contribution is 6.00. The first-order valence-corrected chi connectivity index (χ1v) is 10.3. The van der Waals surface area contributed by atoms with Crippen molar-refractivity contribution in [1.82, 2.24) is 10.2 Å². The number of aryl methyl sites for hydroxylation is 1.